The first kappa shape index (κ1) is 19.9. The van der Waals surface area contributed by atoms with Crippen LogP contribution in [0.15, 0.2) is 34.3 Å². The minimum Gasteiger partial charge on any atom is -0.423 e. The Morgan fingerprint density at radius 2 is 2.32 bits per heavy atom. The summed E-state index contributed by atoms with van der Waals surface area (Å²) in [5, 5.41) is 12.8. The summed E-state index contributed by atoms with van der Waals surface area (Å²) in [5.41, 5.74) is 3.69. The van der Waals surface area contributed by atoms with Gasteiger partial charge >= 0.3 is 12.8 Å². The number of nitrogens with one attached hydrogen (secondary N) is 2. The van der Waals surface area contributed by atoms with Gasteiger partial charge in [0.1, 0.15) is 18.5 Å². The quantitative estimate of drug-likeness (QED) is 0.372. The molecule has 10 nitrogen and oxygen atoms in total. The number of aliphatic imine (C=N–C) groups is 1. The summed E-state index contributed by atoms with van der Waals surface area (Å²) in [7, 11) is 0.852. The Bertz CT molecular complexity index is 1190. The number of ether oxygens (including phenoxy) is 1. The number of nitrogens with zero attached hydrogens (tertiary/aromatic N) is 4. The maximum Gasteiger partial charge on any atom is 0.491 e. The number of methoxy groups -OCH3 is 1. The van der Waals surface area contributed by atoms with E-state index in [9.17, 15) is 9.82 Å². The zero-order valence-electron chi connectivity index (χ0n) is 17.1. The van der Waals surface area contributed by atoms with Crippen molar-refractivity contribution in [3.63, 3.8) is 0 Å². The van der Waals surface area contributed by atoms with Gasteiger partial charge < -0.3 is 24.7 Å². The van der Waals surface area contributed by atoms with E-state index in [1.807, 2.05) is 18.2 Å². The molecule has 1 aliphatic carbocycles. The molecule has 0 bridgehead atoms. The van der Waals surface area contributed by atoms with Crippen LogP contribution < -0.4 is 16.5 Å². The predicted molar refractivity (Wildman–Crippen MR) is 117 cm³/mol. The number of rotatable bonds is 7. The van der Waals surface area contributed by atoms with Gasteiger partial charge in [0.05, 0.1) is 6.61 Å². The molecule has 11 heteroatoms. The fourth-order valence-corrected chi connectivity index (χ4v) is 4.30. The van der Waals surface area contributed by atoms with Crippen molar-refractivity contribution >= 4 is 35.8 Å². The van der Waals surface area contributed by atoms with E-state index in [0.29, 0.717) is 36.1 Å². The largest absolute Gasteiger partial charge is 0.491 e. The van der Waals surface area contributed by atoms with Crippen LogP contribution in [0.4, 0.5) is 5.82 Å². The third kappa shape index (κ3) is 3.75. The SMILES string of the molecule is COCC1CC(n2c(=O)[nH]c3c(NC/N=C/c4ccc5c(c4)COB5O)ncnc32)C1. The Morgan fingerprint density at radius 1 is 1.45 bits per heavy atom. The fourth-order valence-electron chi connectivity index (χ4n) is 4.30. The van der Waals surface area contributed by atoms with E-state index in [4.69, 9.17) is 9.39 Å². The average molecular weight is 422 g/mol. The molecule has 0 atom stereocenters. The number of anilines is 1. The van der Waals surface area contributed by atoms with Crippen molar-refractivity contribution in [3.8, 4) is 0 Å². The zero-order valence-corrected chi connectivity index (χ0v) is 17.1. The molecule has 5 rings (SSSR count). The van der Waals surface area contributed by atoms with Gasteiger partial charge in [-0.25, -0.2) is 14.8 Å². The molecule has 1 aromatic carbocycles. The number of imidazole rings is 1. The summed E-state index contributed by atoms with van der Waals surface area (Å²) in [4.78, 5) is 28.4. The van der Waals surface area contributed by atoms with E-state index < -0.39 is 7.12 Å². The van der Waals surface area contributed by atoms with E-state index in [-0.39, 0.29) is 18.4 Å². The lowest BCUT2D eigenvalue weighted by atomic mass is 9.79. The van der Waals surface area contributed by atoms with Crippen molar-refractivity contribution in [2.45, 2.75) is 25.5 Å². The van der Waals surface area contributed by atoms with Gasteiger partial charge in [0.2, 0.25) is 0 Å². The summed E-state index contributed by atoms with van der Waals surface area (Å²) in [5.74, 6) is 1.02. The van der Waals surface area contributed by atoms with E-state index in [1.165, 1.54) is 6.33 Å². The Balaban J connectivity index is 1.28. The maximum absolute atomic E-state index is 12.5. The fraction of sp³-hybridized carbons (Fsp3) is 0.400. The minimum absolute atomic E-state index is 0.129. The van der Waals surface area contributed by atoms with Crippen molar-refractivity contribution in [1.29, 1.82) is 0 Å². The van der Waals surface area contributed by atoms with Gasteiger partial charge in [-0.05, 0) is 41.4 Å². The lowest BCUT2D eigenvalue weighted by molar-refractivity contribution is 0.0778. The van der Waals surface area contributed by atoms with E-state index in [2.05, 4.69) is 25.3 Å². The summed E-state index contributed by atoms with van der Waals surface area (Å²) >= 11 is 0. The molecule has 3 heterocycles. The molecule has 0 unspecified atom stereocenters. The number of fused-ring (bicyclic) bond motifs is 2. The van der Waals surface area contributed by atoms with Crippen molar-refractivity contribution in [3.05, 3.63) is 46.1 Å². The van der Waals surface area contributed by atoms with Crippen molar-refractivity contribution < 1.29 is 14.4 Å². The second kappa shape index (κ2) is 8.25. The first-order valence-corrected chi connectivity index (χ1v) is 10.2. The summed E-state index contributed by atoms with van der Waals surface area (Å²) in [6, 6.07) is 5.81. The van der Waals surface area contributed by atoms with Crippen LogP contribution in [0.2, 0.25) is 0 Å². The molecule has 1 fully saturated rings. The van der Waals surface area contributed by atoms with Gasteiger partial charge in [-0.3, -0.25) is 9.56 Å². The standard InChI is InChI=1S/C20H23BN6O4/c1-30-8-13-5-15(6-13)27-19-17(26-20(27)28)18(24-11-25-19)23-10-22-7-12-2-3-16-14(4-12)9-31-21(16)29/h2-4,7,11,13,15,29H,5-6,8-10H2,1H3,(H,26,28)(H,23,24,25)/b22-7+. The van der Waals surface area contributed by atoms with Gasteiger partial charge in [-0.1, -0.05) is 12.1 Å². The molecule has 1 saturated carbocycles. The van der Waals surface area contributed by atoms with Crippen LogP contribution in [0.25, 0.3) is 11.2 Å². The summed E-state index contributed by atoms with van der Waals surface area (Å²) < 4.78 is 12.1. The van der Waals surface area contributed by atoms with E-state index >= 15 is 0 Å². The van der Waals surface area contributed by atoms with Crippen LogP contribution >= 0.6 is 0 Å². The second-order valence-electron chi connectivity index (χ2n) is 7.94. The predicted octanol–water partition coefficient (Wildman–Crippen LogP) is 0.423. The lowest BCUT2D eigenvalue weighted by Crippen LogP contribution is -2.34. The van der Waals surface area contributed by atoms with Crippen LogP contribution in [0.3, 0.4) is 0 Å². The molecule has 2 aliphatic rings. The van der Waals surface area contributed by atoms with Gasteiger partial charge in [-0.2, -0.15) is 0 Å². The average Bonchev–Trinajstić information content (AvgIpc) is 3.27. The Hall–Kier alpha value is -3.02. The number of hydrogen-bond acceptors (Lipinski definition) is 8. The molecule has 1 aliphatic heterocycles. The van der Waals surface area contributed by atoms with Crippen LogP contribution in [0.1, 0.15) is 30.0 Å². The molecule has 3 N–H and O–H groups in total. The molecule has 0 saturated heterocycles. The number of hydrogen-bond donors (Lipinski definition) is 3. The molecular weight excluding hydrogens is 399 g/mol. The lowest BCUT2D eigenvalue weighted by Gasteiger charge is -2.35. The summed E-state index contributed by atoms with van der Waals surface area (Å²) in [6.45, 7) is 1.40. The number of H-pyrrole nitrogens is 1. The Labute approximate surface area is 178 Å². The highest BCUT2D eigenvalue weighted by Gasteiger charge is 2.33. The van der Waals surface area contributed by atoms with Gasteiger partial charge in [0.15, 0.2) is 11.5 Å². The van der Waals surface area contributed by atoms with E-state index in [0.717, 1.165) is 29.4 Å². The number of benzene rings is 1. The third-order valence-electron chi connectivity index (χ3n) is 5.89. The topological polar surface area (TPSA) is 127 Å². The smallest absolute Gasteiger partial charge is 0.423 e. The van der Waals surface area contributed by atoms with Crippen molar-refractivity contribution in [2.24, 2.45) is 10.9 Å². The first-order chi connectivity index (χ1) is 15.1. The van der Waals surface area contributed by atoms with Crippen molar-refractivity contribution in [1.82, 2.24) is 19.5 Å². The van der Waals surface area contributed by atoms with E-state index in [1.54, 1.807) is 17.9 Å². The molecule has 0 radical (unpaired) electrons. The monoisotopic (exact) mass is 422 g/mol. The normalized spacial score (nSPS) is 20.4. The Kier molecular flexibility index (Phi) is 5.30. The molecule has 2 aromatic heterocycles. The second-order valence-corrected chi connectivity index (χ2v) is 7.94. The van der Waals surface area contributed by atoms with Gasteiger partial charge in [0, 0.05) is 26.0 Å². The molecule has 0 spiro atoms. The molecule has 3 aromatic rings. The van der Waals surface area contributed by atoms with Crippen molar-refractivity contribution in [2.75, 3.05) is 25.7 Å². The summed E-state index contributed by atoms with van der Waals surface area (Å²) in [6.07, 6.45) is 5.01. The number of aromatic amines is 1. The number of aromatic nitrogens is 4. The highest BCUT2D eigenvalue weighted by atomic mass is 16.5. The molecular formula is C20H23BN6O4. The zero-order chi connectivity index (χ0) is 21.4. The van der Waals surface area contributed by atoms with Gasteiger partial charge in [0.25, 0.3) is 0 Å². The highest BCUT2D eigenvalue weighted by molar-refractivity contribution is 6.61. The van der Waals surface area contributed by atoms with Gasteiger partial charge in [-0.15, -0.1) is 0 Å². The minimum atomic E-state index is -0.844. The maximum atomic E-state index is 12.5. The third-order valence-corrected chi connectivity index (χ3v) is 5.89. The van der Waals surface area contributed by atoms with Crippen LogP contribution in [0, 0.1) is 5.92 Å². The van der Waals surface area contributed by atoms with Crippen LogP contribution in [0.5, 0.6) is 0 Å². The van der Waals surface area contributed by atoms with Crippen LogP contribution in [-0.4, -0.2) is 58.3 Å². The van der Waals surface area contributed by atoms with Crippen LogP contribution in [-0.2, 0) is 16.0 Å². The molecule has 160 valence electrons. The molecule has 0 amide bonds. The first-order valence-electron chi connectivity index (χ1n) is 10.2. The Morgan fingerprint density at radius 3 is 3.16 bits per heavy atom. The highest BCUT2D eigenvalue weighted by Crippen LogP contribution is 2.38. The molecule has 31 heavy (non-hydrogen) atoms.